The molecule has 0 radical (unpaired) electrons. The van der Waals surface area contributed by atoms with Gasteiger partial charge in [0.05, 0.1) is 18.8 Å². The van der Waals surface area contributed by atoms with E-state index in [4.69, 9.17) is 16.7 Å². The lowest BCUT2D eigenvalue weighted by atomic mass is 10.1. The number of hydrogen-bond acceptors (Lipinski definition) is 3. The van der Waals surface area contributed by atoms with Crippen LogP contribution in [0.5, 0.6) is 0 Å². The SMILES string of the molecule is Cc1nn(CCO)c(C)c1CNCCc1c[nH]c2cc(Cl)ccc12. The minimum Gasteiger partial charge on any atom is -0.394 e. The van der Waals surface area contributed by atoms with Crippen molar-refractivity contribution in [2.45, 2.75) is 33.4 Å². The molecule has 2 heterocycles. The van der Waals surface area contributed by atoms with E-state index in [9.17, 15) is 0 Å². The van der Waals surface area contributed by atoms with Gasteiger partial charge in [-0.05, 0) is 44.5 Å². The maximum absolute atomic E-state index is 9.08. The highest BCUT2D eigenvalue weighted by molar-refractivity contribution is 6.31. The summed E-state index contributed by atoms with van der Waals surface area (Å²) in [5, 5.41) is 19.0. The molecule has 6 heteroatoms. The topological polar surface area (TPSA) is 65.9 Å². The third kappa shape index (κ3) is 3.48. The predicted molar refractivity (Wildman–Crippen MR) is 97.5 cm³/mol. The van der Waals surface area contributed by atoms with Gasteiger partial charge in [0.25, 0.3) is 0 Å². The standard InChI is InChI=1S/C18H23ClN4O/c1-12-17(13(2)23(22-12)7-8-24)11-20-6-5-14-10-21-18-9-15(19)3-4-16(14)18/h3-4,9-10,20-21,24H,5-8,11H2,1-2H3. The normalized spacial score (nSPS) is 11.5. The molecule has 0 aliphatic rings. The van der Waals surface area contributed by atoms with E-state index in [-0.39, 0.29) is 6.61 Å². The Kier molecular flexibility index (Phi) is 5.23. The molecule has 3 rings (SSSR count). The van der Waals surface area contributed by atoms with E-state index >= 15 is 0 Å². The molecule has 0 saturated heterocycles. The monoisotopic (exact) mass is 346 g/mol. The lowest BCUT2D eigenvalue weighted by Crippen LogP contribution is -2.17. The molecule has 1 aromatic carbocycles. The van der Waals surface area contributed by atoms with Gasteiger partial charge in [-0.1, -0.05) is 17.7 Å². The second-order valence-electron chi connectivity index (χ2n) is 6.03. The van der Waals surface area contributed by atoms with Gasteiger partial charge in [-0.15, -0.1) is 0 Å². The van der Waals surface area contributed by atoms with Gasteiger partial charge in [0.2, 0.25) is 0 Å². The molecule has 3 N–H and O–H groups in total. The second kappa shape index (κ2) is 7.38. The largest absolute Gasteiger partial charge is 0.394 e. The van der Waals surface area contributed by atoms with Crippen LogP contribution in [0.4, 0.5) is 0 Å². The van der Waals surface area contributed by atoms with Crippen LogP contribution < -0.4 is 5.32 Å². The van der Waals surface area contributed by atoms with Crippen molar-refractivity contribution in [3.63, 3.8) is 0 Å². The Hall–Kier alpha value is -1.82. The van der Waals surface area contributed by atoms with Gasteiger partial charge >= 0.3 is 0 Å². The molecule has 0 bridgehead atoms. The van der Waals surface area contributed by atoms with Crippen LogP contribution in [0.3, 0.4) is 0 Å². The third-order valence-corrected chi connectivity index (χ3v) is 4.68. The first-order valence-corrected chi connectivity index (χ1v) is 8.58. The van der Waals surface area contributed by atoms with Gasteiger partial charge in [-0.3, -0.25) is 4.68 Å². The van der Waals surface area contributed by atoms with E-state index in [2.05, 4.69) is 34.6 Å². The maximum Gasteiger partial charge on any atom is 0.0644 e. The number of halogens is 1. The van der Waals surface area contributed by atoms with Gasteiger partial charge in [-0.25, -0.2) is 0 Å². The van der Waals surface area contributed by atoms with Gasteiger partial charge in [0.1, 0.15) is 0 Å². The van der Waals surface area contributed by atoms with Crippen molar-refractivity contribution in [3.8, 4) is 0 Å². The molecule has 0 spiro atoms. The first kappa shape index (κ1) is 17.0. The molecule has 24 heavy (non-hydrogen) atoms. The van der Waals surface area contributed by atoms with Crippen molar-refractivity contribution >= 4 is 22.5 Å². The first-order valence-electron chi connectivity index (χ1n) is 8.20. The average molecular weight is 347 g/mol. The van der Waals surface area contributed by atoms with Gasteiger partial charge in [-0.2, -0.15) is 5.10 Å². The fraction of sp³-hybridized carbons (Fsp3) is 0.389. The summed E-state index contributed by atoms with van der Waals surface area (Å²) in [7, 11) is 0. The molecule has 0 amide bonds. The Balaban J connectivity index is 1.59. The number of fused-ring (bicyclic) bond motifs is 1. The summed E-state index contributed by atoms with van der Waals surface area (Å²) in [6.45, 7) is 6.40. The number of nitrogens with one attached hydrogen (secondary N) is 2. The van der Waals surface area contributed by atoms with Crippen LogP contribution in [-0.2, 0) is 19.5 Å². The zero-order valence-corrected chi connectivity index (χ0v) is 14.8. The summed E-state index contributed by atoms with van der Waals surface area (Å²) < 4.78 is 1.87. The van der Waals surface area contributed by atoms with Crippen LogP contribution in [0.25, 0.3) is 10.9 Å². The number of aliphatic hydroxyl groups is 1. The van der Waals surface area contributed by atoms with Crippen LogP contribution in [-0.4, -0.2) is 33.0 Å². The molecule has 0 fully saturated rings. The Morgan fingerprint density at radius 1 is 1.33 bits per heavy atom. The second-order valence-corrected chi connectivity index (χ2v) is 6.46. The zero-order chi connectivity index (χ0) is 17.1. The van der Waals surface area contributed by atoms with Crippen molar-refractivity contribution in [3.05, 3.63) is 51.9 Å². The zero-order valence-electron chi connectivity index (χ0n) is 14.1. The number of hydrogen-bond donors (Lipinski definition) is 3. The van der Waals surface area contributed by atoms with Crippen LogP contribution >= 0.6 is 11.6 Å². The van der Waals surface area contributed by atoms with E-state index < -0.39 is 0 Å². The van der Waals surface area contributed by atoms with Gasteiger partial charge in [0, 0.05) is 39.9 Å². The number of aromatic nitrogens is 3. The molecular weight excluding hydrogens is 324 g/mol. The highest BCUT2D eigenvalue weighted by Crippen LogP contribution is 2.22. The summed E-state index contributed by atoms with van der Waals surface area (Å²) >= 11 is 6.02. The lowest BCUT2D eigenvalue weighted by molar-refractivity contribution is 0.267. The number of aromatic amines is 1. The molecule has 0 saturated carbocycles. The van der Waals surface area contributed by atoms with Crippen LogP contribution in [0, 0.1) is 13.8 Å². The van der Waals surface area contributed by atoms with Crippen molar-refractivity contribution in [2.24, 2.45) is 0 Å². The smallest absolute Gasteiger partial charge is 0.0644 e. The fourth-order valence-electron chi connectivity index (χ4n) is 3.10. The Labute approximate surface area is 146 Å². The number of nitrogens with zero attached hydrogens (tertiary/aromatic N) is 2. The van der Waals surface area contributed by atoms with Crippen molar-refractivity contribution < 1.29 is 5.11 Å². The minimum atomic E-state index is 0.111. The van der Waals surface area contributed by atoms with E-state index in [1.807, 2.05) is 23.7 Å². The number of aryl methyl sites for hydroxylation is 1. The Morgan fingerprint density at radius 3 is 2.96 bits per heavy atom. The van der Waals surface area contributed by atoms with E-state index in [0.29, 0.717) is 6.54 Å². The Morgan fingerprint density at radius 2 is 2.17 bits per heavy atom. The highest BCUT2D eigenvalue weighted by atomic mass is 35.5. The van der Waals surface area contributed by atoms with Crippen LogP contribution in [0.2, 0.25) is 5.02 Å². The average Bonchev–Trinajstić information content (AvgIpc) is 3.06. The number of H-pyrrole nitrogens is 1. The first-order chi connectivity index (χ1) is 11.6. The molecule has 2 aromatic heterocycles. The summed E-state index contributed by atoms with van der Waals surface area (Å²) in [4.78, 5) is 3.27. The van der Waals surface area contributed by atoms with Crippen molar-refractivity contribution in [2.75, 3.05) is 13.2 Å². The molecule has 128 valence electrons. The summed E-state index contributed by atoms with van der Waals surface area (Å²) in [5.74, 6) is 0. The van der Waals surface area contributed by atoms with Crippen molar-refractivity contribution in [1.82, 2.24) is 20.1 Å². The van der Waals surface area contributed by atoms with Crippen LogP contribution in [0.1, 0.15) is 22.5 Å². The molecule has 0 aliphatic carbocycles. The molecule has 5 nitrogen and oxygen atoms in total. The number of rotatable bonds is 7. The predicted octanol–water partition coefficient (Wildman–Crippen LogP) is 2.96. The molecule has 3 aromatic rings. The Bertz CT molecular complexity index is 837. The maximum atomic E-state index is 9.08. The minimum absolute atomic E-state index is 0.111. The number of benzene rings is 1. The van der Waals surface area contributed by atoms with E-state index in [1.165, 1.54) is 16.5 Å². The van der Waals surface area contributed by atoms with Gasteiger partial charge < -0.3 is 15.4 Å². The number of aliphatic hydroxyl groups excluding tert-OH is 1. The lowest BCUT2D eigenvalue weighted by Gasteiger charge is -2.06. The summed E-state index contributed by atoms with van der Waals surface area (Å²) in [6, 6.07) is 5.95. The molecule has 0 unspecified atom stereocenters. The molecule has 0 atom stereocenters. The molecular formula is C18H23ClN4O. The van der Waals surface area contributed by atoms with Gasteiger partial charge in [0.15, 0.2) is 0 Å². The van der Waals surface area contributed by atoms with E-state index in [1.54, 1.807) is 0 Å². The highest BCUT2D eigenvalue weighted by Gasteiger charge is 2.11. The third-order valence-electron chi connectivity index (χ3n) is 4.45. The summed E-state index contributed by atoms with van der Waals surface area (Å²) in [5.41, 5.74) is 5.73. The fourth-order valence-corrected chi connectivity index (χ4v) is 3.28. The molecule has 0 aliphatic heterocycles. The quantitative estimate of drug-likeness (QED) is 0.576. The van der Waals surface area contributed by atoms with Crippen LogP contribution in [0.15, 0.2) is 24.4 Å². The van der Waals surface area contributed by atoms with E-state index in [0.717, 1.165) is 41.4 Å². The van der Waals surface area contributed by atoms with Crippen molar-refractivity contribution in [1.29, 1.82) is 0 Å². The summed E-state index contributed by atoms with van der Waals surface area (Å²) in [6.07, 6.45) is 3.00.